The Hall–Kier alpha value is -0.540. The molecule has 0 saturated carbocycles. The zero-order valence-electron chi connectivity index (χ0n) is 12.0. The van der Waals surface area contributed by atoms with Crippen LogP contribution in [0.15, 0.2) is 30.3 Å². The zero-order valence-corrected chi connectivity index (χ0v) is 13.7. The summed E-state index contributed by atoms with van der Waals surface area (Å²) in [6, 6.07) is 11.0. The van der Waals surface area contributed by atoms with E-state index in [1.54, 1.807) is 11.8 Å². The highest BCUT2D eigenvalue weighted by Crippen LogP contribution is 2.21. The smallest absolute Gasteiger partial charge is 0.133 e. The quantitative estimate of drug-likeness (QED) is 0.514. The third-order valence-electron chi connectivity index (χ3n) is 3.28. The zero-order chi connectivity index (χ0) is 13.9. The number of benzene rings is 1. The van der Waals surface area contributed by atoms with Gasteiger partial charge in [0.1, 0.15) is 4.32 Å². The van der Waals surface area contributed by atoms with Gasteiger partial charge in [-0.2, -0.15) is 0 Å². The second kappa shape index (κ2) is 10.3. The molecule has 1 aromatic carbocycles. The van der Waals surface area contributed by atoms with Gasteiger partial charge in [-0.1, -0.05) is 81.6 Å². The minimum Gasteiger partial charge on any atom is -0.364 e. The maximum absolute atomic E-state index is 5.30. The lowest BCUT2D eigenvalue weighted by molar-refractivity contribution is 0.529. The van der Waals surface area contributed by atoms with Gasteiger partial charge in [0.05, 0.1) is 6.04 Å². The van der Waals surface area contributed by atoms with E-state index < -0.39 is 0 Å². The maximum Gasteiger partial charge on any atom is 0.133 e. The first-order valence-electron chi connectivity index (χ1n) is 7.17. The molecule has 1 nitrogen and oxygen atoms in total. The van der Waals surface area contributed by atoms with Crippen molar-refractivity contribution in [2.45, 2.75) is 51.5 Å². The van der Waals surface area contributed by atoms with Crippen LogP contribution in [0.2, 0.25) is 0 Å². The Balaban J connectivity index is 2.48. The predicted octanol–water partition coefficient (Wildman–Crippen LogP) is 5.33. The normalized spacial score (nSPS) is 12.1. The topological polar surface area (TPSA) is 12.0 Å². The molecule has 106 valence electrons. The van der Waals surface area contributed by atoms with Crippen LogP contribution in [0.4, 0.5) is 0 Å². The van der Waals surface area contributed by atoms with Crippen molar-refractivity contribution >= 4 is 28.3 Å². The summed E-state index contributed by atoms with van der Waals surface area (Å²) in [5.74, 6) is 0. The standard InChI is InChI=1S/C16H25NS2/c1-3-4-5-6-10-13-15(17-16(18)19-2)14-11-8-7-9-12-14/h7-9,11-12,15H,3-6,10,13H2,1-2H3,(H,17,18). The summed E-state index contributed by atoms with van der Waals surface area (Å²) in [6.45, 7) is 2.26. The van der Waals surface area contributed by atoms with Crippen LogP contribution in [0.25, 0.3) is 0 Å². The van der Waals surface area contributed by atoms with Crippen LogP contribution < -0.4 is 5.32 Å². The number of thioether (sulfide) groups is 1. The number of thiocarbonyl (C=S) groups is 1. The van der Waals surface area contributed by atoms with Crippen LogP contribution in [-0.2, 0) is 0 Å². The summed E-state index contributed by atoms with van der Waals surface area (Å²) >= 11 is 6.92. The lowest BCUT2D eigenvalue weighted by atomic mass is 10.00. The summed E-state index contributed by atoms with van der Waals surface area (Å²) in [5.41, 5.74) is 1.34. The van der Waals surface area contributed by atoms with Crippen LogP contribution in [0.3, 0.4) is 0 Å². The van der Waals surface area contributed by atoms with E-state index in [0.29, 0.717) is 6.04 Å². The number of hydrogen-bond donors (Lipinski definition) is 1. The van der Waals surface area contributed by atoms with Crippen LogP contribution in [0, 0.1) is 0 Å². The average Bonchev–Trinajstić information content (AvgIpc) is 2.46. The molecule has 1 atom stereocenters. The van der Waals surface area contributed by atoms with Gasteiger partial charge in [0, 0.05) is 0 Å². The van der Waals surface area contributed by atoms with Crippen molar-refractivity contribution in [3.8, 4) is 0 Å². The van der Waals surface area contributed by atoms with E-state index in [0.717, 1.165) is 10.7 Å². The Bertz CT molecular complexity index is 351. The number of hydrogen-bond acceptors (Lipinski definition) is 2. The first-order chi connectivity index (χ1) is 9.27. The highest BCUT2D eigenvalue weighted by atomic mass is 32.2. The maximum atomic E-state index is 5.30. The molecule has 0 amide bonds. The van der Waals surface area contributed by atoms with E-state index in [2.05, 4.69) is 42.6 Å². The first kappa shape index (κ1) is 16.5. The fraction of sp³-hybridized carbons (Fsp3) is 0.562. The average molecular weight is 296 g/mol. The summed E-state index contributed by atoms with van der Waals surface area (Å²) in [5, 5.41) is 3.47. The Kier molecular flexibility index (Phi) is 8.93. The molecule has 0 fully saturated rings. The third kappa shape index (κ3) is 6.98. The fourth-order valence-corrected chi connectivity index (χ4v) is 2.56. The molecule has 0 radical (unpaired) electrons. The highest BCUT2D eigenvalue weighted by molar-refractivity contribution is 8.22. The summed E-state index contributed by atoms with van der Waals surface area (Å²) in [7, 11) is 0. The van der Waals surface area contributed by atoms with Crippen molar-refractivity contribution in [3.05, 3.63) is 35.9 Å². The van der Waals surface area contributed by atoms with E-state index in [1.807, 2.05) is 6.26 Å². The summed E-state index contributed by atoms with van der Waals surface area (Å²) in [6.07, 6.45) is 9.79. The van der Waals surface area contributed by atoms with Crippen molar-refractivity contribution in [2.75, 3.05) is 6.26 Å². The van der Waals surface area contributed by atoms with Gasteiger partial charge in [-0.25, -0.2) is 0 Å². The van der Waals surface area contributed by atoms with E-state index in [4.69, 9.17) is 12.2 Å². The van der Waals surface area contributed by atoms with Crippen molar-refractivity contribution in [1.29, 1.82) is 0 Å². The van der Waals surface area contributed by atoms with Gasteiger partial charge in [-0.05, 0) is 18.2 Å². The van der Waals surface area contributed by atoms with Gasteiger partial charge in [-0.3, -0.25) is 0 Å². The molecule has 19 heavy (non-hydrogen) atoms. The second-order valence-electron chi connectivity index (χ2n) is 4.80. The van der Waals surface area contributed by atoms with Gasteiger partial charge in [0.2, 0.25) is 0 Å². The van der Waals surface area contributed by atoms with Crippen molar-refractivity contribution in [2.24, 2.45) is 0 Å². The molecular weight excluding hydrogens is 270 g/mol. The lowest BCUT2D eigenvalue weighted by Gasteiger charge is -2.20. The number of unbranched alkanes of at least 4 members (excludes halogenated alkanes) is 4. The monoisotopic (exact) mass is 295 g/mol. The van der Waals surface area contributed by atoms with Gasteiger partial charge in [-0.15, -0.1) is 11.8 Å². The minimum atomic E-state index is 0.364. The van der Waals surface area contributed by atoms with Gasteiger partial charge >= 0.3 is 0 Å². The SMILES string of the molecule is CCCCCCCC(NC(=S)SC)c1ccccc1. The molecule has 1 N–H and O–H groups in total. The van der Waals surface area contributed by atoms with E-state index in [1.165, 1.54) is 37.7 Å². The Morgan fingerprint density at radius 1 is 1.16 bits per heavy atom. The Morgan fingerprint density at radius 3 is 2.47 bits per heavy atom. The third-order valence-corrected chi connectivity index (χ3v) is 4.38. The number of rotatable bonds is 8. The van der Waals surface area contributed by atoms with Crippen molar-refractivity contribution < 1.29 is 0 Å². The van der Waals surface area contributed by atoms with Gasteiger partial charge in [0.25, 0.3) is 0 Å². The molecule has 0 bridgehead atoms. The van der Waals surface area contributed by atoms with Crippen LogP contribution in [0.1, 0.15) is 57.1 Å². The lowest BCUT2D eigenvalue weighted by Crippen LogP contribution is -2.24. The molecule has 0 aromatic heterocycles. The van der Waals surface area contributed by atoms with Crippen LogP contribution >= 0.6 is 24.0 Å². The molecule has 0 aliphatic heterocycles. The second-order valence-corrected chi connectivity index (χ2v) is 6.29. The van der Waals surface area contributed by atoms with E-state index in [9.17, 15) is 0 Å². The molecular formula is C16H25NS2. The molecule has 0 aliphatic rings. The molecule has 1 unspecified atom stereocenters. The minimum absolute atomic E-state index is 0.364. The van der Waals surface area contributed by atoms with Crippen molar-refractivity contribution in [1.82, 2.24) is 5.32 Å². The molecule has 0 spiro atoms. The van der Waals surface area contributed by atoms with Crippen LogP contribution in [-0.4, -0.2) is 10.6 Å². The molecule has 0 aliphatic carbocycles. The summed E-state index contributed by atoms with van der Waals surface area (Å²) < 4.78 is 0.891. The molecule has 0 heterocycles. The Morgan fingerprint density at radius 2 is 1.84 bits per heavy atom. The molecule has 0 saturated heterocycles. The van der Waals surface area contributed by atoms with E-state index in [-0.39, 0.29) is 0 Å². The summed E-state index contributed by atoms with van der Waals surface area (Å²) in [4.78, 5) is 0. The number of nitrogens with one attached hydrogen (secondary N) is 1. The van der Waals surface area contributed by atoms with E-state index >= 15 is 0 Å². The predicted molar refractivity (Wildman–Crippen MR) is 91.8 cm³/mol. The molecule has 3 heteroatoms. The first-order valence-corrected chi connectivity index (χ1v) is 8.80. The Labute approximate surface area is 127 Å². The van der Waals surface area contributed by atoms with Gasteiger partial charge < -0.3 is 5.32 Å². The fourth-order valence-electron chi connectivity index (χ4n) is 2.16. The van der Waals surface area contributed by atoms with Crippen molar-refractivity contribution in [3.63, 3.8) is 0 Å². The molecule has 1 aromatic rings. The highest BCUT2D eigenvalue weighted by Gasteiger charge is 2.11. The van der Waals surface area contributed by atoms with Crippen LogP contribution in [0.5, 0.6) is 0 Å². The molecule has 1 rings (SSSR count). The largest absolute Gasteiger partial charge is 0.364 e. The van der Waals surface area contributed by atoms with Gasteiger partial charge in [0.15, 0.2) is 0 Å².